The molecule has 3 rings (SSSR count). The normalized spacial score (nSPS) is 11.9. The van der Waals surface area contributed by atoms with E-state index in [1.807, 2.05) is 18.2 Å². The number of hydrogen-bond acceptors (Lipinski definition) is 4. The Labute approximate surface area is 115 Å². The van der Waals surface area contributed by atoms with Crippen molar-refractivity contribution in [1.29, 1.82) is 5.26 Å². The molecule has 0 saturated carbocycles. The van der Waals surface area contributed by atoms with Crippen LogP contribution in [0.15, 0.2) is 55.1 Å². The number of aromatic nitrogens is 3. The molecule has 0 aliphatic rings. The summed E-state index contributed by atoms with van der Waals surface area (Å²) in [6.07, 6.45) is 6.41. The summed E-state index contributed by atoms with van der Waals surface area (Å²) in [5.41, 5.74) is 1.73. The van der Waals surface area contributed by atoms with Crippen LogP contribution in [0.4, 0.5) is 0 Å². The molecule has 0 radical (unpaired) electrons. The summed E-state index contributed by atoms with van der Waals surface area (Å²) >= 11 is 0. The van der Waals surface area contributed by atoms with Gasteiger partial charge in [0.05, 0.1) is 23.3 Å². The van der Waals surface area contributed by atoms with Crippen molar-refractivity contribution in [3.05, 3.63) is 66.2 Å². The first-order valence-corrected chi connectivity index (χ1v) is 6.07. The van der Waals surface area contributed by atoms with Gasteiger partial charge in [-0.3, -0.25) is 9.78 Å². The average molecular weight is 262 g/mol. The second-order valence-electron chi connectivity index (χ2n) is 4.30. The Hall–Kier alpha value is -3.00. The molecule has 0 spiro atoms. The van der Waals surface area contributed by atoms with Gasteiger partial charge in [-0.2, -0.15) is 10.4 Å². The lowest BCUT2D eigenvalue weighted by atomic mass is 9.93. The van der Waals surface area contributed by atoms with Crippen molar-refractivity contribution in [1.82, 2.24) is 14.6 Å². The van der Waals surface area contributed by atoms with E-state index in [1.54, 1.807) is 35.1 Å². The molecule has 96 valence electrons. The molecule has 3 aromatic heterocycles. The van der Waals surface area contributed by atoms with Gasteiger partial charge in [0, 0.05) is 18.6 Å². The number of ketones is 1. The predicted octanol–water partition coefficient (Wildman–Crippen LogP) is 2.22. The van der Waals surface area contributed by atoms with Crippen molar-refractivity contribution in [2.24, 2.45) is 0 Å². The molecule has 0 aliphatic carbocycles. The molecule has 0 saturated heterocycles. The lowest BCUT2D eigenvalue weighted by Crippen LogP contribution is -2.11. The monoisotopic (exact) mass is 262 g/mol. The van der Waals surface area contributed by atoms with Gasteiger partial charge in [0.1, 0.15) is 5.92 Å². The molecule has 5 heteroatoms. The van der Waals surface area contributed by atoms with E-state index in [0.29, 0.717) is 16.6 Å². The SMILES string of the molecule is N#CC(C(=O)c1cnn2ccccc12)c1cccnc1. The van der Waals surface area contributed by atoms with Crippen LogP contribution in [0, 0.1) is 11.3 Å². The first kappa shape index (κ1) is 12.1. The molecule has 0 amide bonds. The van der Waals surface area contributed by atoms with Crippen LogP contribution in [-0.2, 0) is 0 Å². The molecule has 1 atom stereocenters. The maximum Gasteiger partial charge on any atom is 0.188 e. The summed E-state index contributed by atoms with van der Waals surface area (Å²) in [6, 6.07) is 10.9. The smallest absolute Gasteiger partial charge is 0.188 e. The van der Waals surface area contributed by atoms with Crippen LogP contribution >= 0.6 is 0 Å². The van der Waals surface area contributed by atoms with E-state index in [2.05, 4.69) is 10.1 Å². The number of pyridine rings is 2. The molecule has 20 heavy (non-hydrogen) atoms. The minimum Gasteiger partial charge on any atom is -0.292 e. The summed E-state index contributed by atoms with van der Waals surface area (Å²) in [5.74, 6) is -1.13. The van der Waals surface area contributed by atoms with E-state index in [1.165, 1.54) is 12.4 Å². The molecular weight excluding hydrogens is 252 g/mol. The van der Waals surface area contributed by atoms with Gasteiger partial charge in [0.25, 0.3) is 0 Å². The molecular formula is C15H10N4O. The maximum atomic E-state index is 12.5. The Morgan fingerprint density at radius 3 is 2.90 bits per heavy atom. The van der Waals surface area contributed by atoms with E-state index in [4.69, 9.17) is 0 Å². The highest BCUT2D eigenvalue weighted by Gasteiger charge is 2.24. The molecule has 0 fully saturated rings. The van der Waals surface area contributed by atoms with Gasteiger partial charge in [0.2, 0.25) is 0 Å². The molecule has 3 aromatic rings. The van der Waals surface area contributed by atoms with Gasteiger partial charge in [-0.25, -0.2) is 4.52 Å². The fourth-order valence-electron chi connectivity index (χ4n) is 2.11. The van der Waals surface area contributed by atoms with E-state index < -0.39 is 5.92 Å². The van der Waals surface area contributed by atoms with Crippen molar-refractivity contribution < 1.29 is 4.79 Å². The minimum atomic E-state index is -0.864. The average Bonchev–Trinajstić information content (AvgIpc) is 2.93. The number of carbonyl (C=O) groups is 1. The van der Waals surface area contributed by atoms with Crippen LogP contribution in [-0.4, -0.2) is 20.4 Å². The zero-order valence-electron chi connectivity index (χ0n) is 10.5. The van der Waals surface area contributed by atoms with Crippen molar-refractivity contribution in [2.75, 3.05) is 0 Å². The van der Waals surface area contributed by atoms with Gasteiger partial charge in [-0.05, 0) is 23.8 Å². The van der Waals surface area contributed by atoms with Crippen LogP contribution < -0.4 is 0 Å². The van der Waals surface area contributed by atoms with Crippen LogP contribution in [0.2, 0.25) is 0 Å². The quantitative estimate of drug-likeness (QED) is 0.678. The lowest BCUT2D eigenvalue weighted by Gasteiger charge is -2.06. The zero-order chi connectivity index (χ0) is 13.9. The Kier molecular flexibility index (Phi) is 2.98. The Balaban J connectivity index is 2.06. The first-order valence-electron chi connectivity index (χ1n) is 6.07. The number of hydrogen-bond donors (Lipinski definition) is 0. The van der Waals surface area contributed by atoms with Crippen LogP contribution in [0.1, 0.15) is 21.8 Å². The molecule has 0 N–H and O–H groups in total. The second kappa shape index (κ2) is 4.94. The number of fused-ring (bicyclic) bond motifs is 1. The van der Waals surface area contributed by atoms with Crippen LogP contribution in [0.5, 0.6) is 0 Å². The number of rotatable bonds is 3. The van der Waals surface area contributed by atoms with E-state index in [-0.39, 0.29) is 5.78 Å². The highest BCUT2D eigenvalue weighted by molar-refractivity contribution is 6.07. The number of nitrogens with zero attached hydrogens (tertiary/aromatic N) is 4. The zero-order valence-corrected chi connectivity index (χ0v) is 10.5. The molecule has 5 nitrogen and oxygen atoms in total. The number of carbonyl (C=O) groups excluding carboxylic acids is 1. The predicted molar refractivity (Wildman–Crippen MR) is 72.1 cm³/mol. The van der Waals surface area contributed by atoms with E-state index in [9.17, 15) is 10.1 Å². The van der Waals surface area contributed by atoms with Gasteiger partial charge >= 0.3 is 0 Å². The molecule has 0 aromatic carbocycles. The van der Waals surface area contributed by atoms with Crippen molar-refractivity contribution >= 4 is 11.3 Å². The summed E-state index contributed by atoms with van der Waals surface area (Å²) in [5, 5.41) is 13.4. The fourth-order valence-corrected chi connectivity index (χ4v) is 2.11. The van der Waals surface area contributed by atoms with Crippen molar-refractivity contribution in [3.8, 4) is 6.07 Å². The Morgan fingerprint density at radius 2 is 2.15 bits per heavy atom. The highest BCUT2D eigenvalue weighted by Crippen LogP contribution is 2.22. The fraction of sp³-hybridized carbons (Fsp3) is 0.0667. The van der Waals surface area contributed by atoms with E-state index >= 15 is 0 Å². The van der Waals surface area contributed by atoms with Gasteiger partial charge in [-0.1, -0.05) is 12.1 Å². The third-order valence-corrected chi connectivity index (χ3v) is 3.10. The Morgan fingerprint density at radius 1 is 1.25 bits per heavy atom. The molecule has 1 unspecified atom stereocenters. The van der Waals surface area contributed by atoms with Gasteiger partial charge in [0.15, 0.2) is 5.78 Å². The second-order valence-corrected chi connectivity index (χ2v) is 4.30. The van der Waals surface area contributed by atoms with Gasteiger partial charge < -0.3 is 0 Å². The maximum absolute atomic E-state index is 12.5. The Bertz CT molecular complexity index is 801. The number of Topliss-reactive ketones (excluding diaryl/α,β-unsaturated/α-hetero) is 1. The van der Waals surface area contributed by atoms with Crippen LogP contribution in [0.3, 0.4) is 0 Å². The highest BCUT2D eigenvalue weighted by atomic mass is 16.1. The molecule has 3 heterocycles. The molecule has 0 bridgehead atoms. The third-order valence-electron chi connectivity index (χ3n) is 3.10. The van der Waals surface area contributed by atoms with Gasteiger partial charge in [-0.15, -0.1) is 0 Å². The lowest BCUT2D eigenvalue weighted by molar-refractivity contribution is 0.0980. The number of nitriles is 1. The summed E-state index contributed by atoms with van der Waals surface area (Å²) in [7, 11) is 0. The first-order chi connectivity index (χ1) is 9.81. The van der Waals surface area contributed by atoms with Crippen LogP contribution in [0.25, 0.3) is 5.52 Å². The summed E-state index contributed by atoms with van der Waals surface area (Å²) in [6.45, 7) is 0. The minimum absolute atomic E-state index is 0.262. The van der Waals surface area contributed by atoms with E-state index in [0.717, 1.165) is 0 Å². The third kappa shape index (κ3) is 1.93. The summed E-state index contributed by atoms with van der Waals surface area (Å²) < 4.78 is 1.62. The summed E-state index contributed by atoms with van der Waals surface area (Å²) in [4.78, 5) is 16.5. The van der Waals surface area contributed by atoms with Crippen molar-refractivity contribution in [2.45, 2.75) is 5.92 Å². The topological polar surface area (TPSA) is 71.0 Å². The standard InChI is InChI=1S/C15H10N4O/c16-8-12(11-4-3-6-17-9-11)15(20)13-10-18-19-7-2-1-5-14(13)19/h1-7,9-10,12H. The molecule has 0 aliphatic heterocycles. The van der Waals surface area contributed by atoms with Crippen molar-refractivity contribution in [3.63, 3.8) is 0 Å². The largest absolute Gasteiger partial charge is 0.292 e.